The van der Waals surface area contributed by atoms with E-state index in [0.717, 1.165) is 29.9 Å². The summed E-state index contributed by atoms with van der Waals surface area (Å²) < 4.78 is 1.46. The second kappa shape index (κ2) is 8.42. The molecule has 8 nitrogen and oxygen atoms in total. The minimum atomic E-state index is -1.02. The van der Waals surface area contributed by atoms with Crippen molar-refractivity contribution in [2.24, 2.45) is 10.2 Å². The van der Waals surface area contributed by atoms with E-state index in [9.17, 15) is 14.7 Å². The van der Waals surface area contributed by atoms with Crippen LogP contribution in [0.2, 0.25) is 0 Å². The quantitative estimate of drug-likeness (QED) is 0.304. The number of phenols is 1. The van der Waals surface area contributed by atoms with Crippen LogP contribution in [-0.2, 0) is 6.42 Å². The van der Waals surface area contributed by atoms with Crippen LogP contribution >= 0.6 is 11.3 Å². The summed E-state index contributed by atoms with van der Waals surface area (Å²) in [6.07, 6.45) is 2.17. The number of thiophene rings is 1. The lowest BCUT2D eigenvalue weighted by Crippen LogP contribution is -2.14. The first-order valence-electron chi connectivity index (χ1n) is 10.9. The Hall–Kier alpha value is -3.98. The Morgan fingerprint density at radius 2 is 2.00 bits per heavy atom. The fraction of sp³-hybridized carbons (Fsp3) is 0.200. The number of phenolic OH excluding ortho intramolecular Hbond substituents is 1. The average Bonchev–Trinajstić information content (AvgIpc) is 3.52. The second-order valence-electron chi connectivity index (χ2n) is 8.39. The lowest BCUT2D eigenvalue weighted by molar-refractivity contribution is 0.0702. The van der Waals surface area contributed by atoms with Gasteiger partial charge in [0.1, 0.15) is 10.6 Å². The van der Waals surface area contributed by atoms with Crippen LogP contribution < -0.4 is 5.56 Å². The summed E-state index contributed by atoms with van der Waals surface area (Å²) in [6.45, 7) is 3.94. The summed E-state index contributed by atoms with van der Waals surface area (Å²) in [5, 5.41) is 31.2. The van der Waals surface area contributed by atoms with Gasteiger partial charge in [-0.05, 0) is 73.2 Å². The molecule has 1 unspecified atom stereocenters. The Morgan fingerprint density at radius 1 is 1.18 bits per heavy atom. The van der Waals surface area contributed by atoms with Gasteiger partial charge in [0.05, 0.1) is 11.4 Å². The number of aromatic carboxylic acids is 1. The first kappa shape index (κ1) is 21.8. The highest BCUT2D eigenvalue weighted by Gasteiger charge is 2.20. The van der Waals surface area contributed by atoms with Gasteiger partial charge in [-0.2, -0.15) is 0 Å². The monoisotopic (exact) mass is 474 g/mol. The van der Waals surface area contributed by atoms with Crippen LogP contribution in [-0.4, -0.2) is 26.0 Å². The third-order valence-electron chi connectivity index (χ3n) is 6.16. The Morgan fingerprint density at radius 3 is 2.76 bits per heavy atom. The van der Waals surface area contributed by atoms with Gasteiger partial charge >= 0.3 is 5.97 Å². The predicted octanol–water partition coefficient (Wildman–Crippen LogP) is 6.07. The topological polar surface area (TPSA) is 120 Å². The number of aryl methyl sites for hydroxylation is 2. The van der Waals surface area contributed by atoms with Crippen molar-refractivity contribution in [3.05, 3.63) is 80.6 Å². The maximum atomic E-state index is 13.1. The molecule has 172 valence electrons. The van der Waals surface area contributed by atoms with E-state index in [1.165, 1.54) is 21.9 Å². The summed E-state index contributed by atoms with van der Waals surface area (Å²) in [5.41, 5.74) is 4.35. The molecule has 3 N–H and O–H groups in total. The molecule has 5 rings (SSSR count). The standard InChI is InChI=1S/C25H22N4O4S/c1-13-6-7-15-8-9-16(12-18(13)15)29-24(31)22(14(2)28-29)27-26-19-5-3-4-17(23(19)30)20-10-11-21(34-20)25(32)33/h3-5,8-13,28,30H,6-7H2,1-2H3,(H,32,33). The summed E-state index contributed by atoms with van der Waals surface area (Å²) in [7, 11) is 0. The van der Waals surface area contributed by atoms with E-state index >= 15 is 0 Å². The Bertz CT molecular complexity index is 1510. The number of azo groups is 1. The fourth-order valence-corrected chi connectivity index (χ4v) is 5.16. The van der Waals surface area contributed by atoms with E-state index in [1.54, 1.807) is 31.2 Å². The molecule has 0 radical (unpaired) electrons. The first-order valence-corrected chi connectivity index (χ1v) is 11.7. The van der Waals surface area contributed by atoms with Gasteiger partial charge in [0.2, 0.25) is 0 Å². The molecule has 0 saturated carbocycles. The van der Waals surface area contributed by atoms with E-state index in [-0.39, 0.29) is 27.6 Å². The molecule has 1 aliphatic carbocycles. The predicted molar refractivity (Wildman–Crippen MR) is 130 cm³/mol. The van der Waals surface area contributed by atoms with Crippen molar-refractivity contribution in [1.82, 2.24) is 9.78 Å². The molecular formula is C25H22N4O4S. The van der Waals surface area contributed by atoms with Gasteiger partial charge in [0, 0.05) is 10.4 Å². The van der Waals surface area contributed by atoms with Crippen LogP contribution in [0.5, 0.6) is 5.75 Å². The highest BCUT2D eigenvalue weighted by atomic mass is 32.1. The van der Waals surface area contributed by atoms with Gasteiger partial charge in [0.25, 0.3) is 5.56 Å². The van der Waals surface area contributed by atoms with Crippen molar-refractivity contribution in [3.63, 3.8) is 0 Å². The SMILES string of the molecule is Cc1[nH]n(-c2ccc3c(c2)C(C)CC3)c(=O)c1N=Nc1cccc(-c2ccc(C(=O)O)s2)c1O. The smallest absolute Gasteiger partial charge is 0.345 e. The summed E-state index contributed by atoms with van der Waals surface area (Å²) in [6, 6.07) is 14.1. The number of nitrogens with zero attached hydrogens (tertiary/aromatic N) is 3. The highest BCUT2D eigenvalue weighted by Crippen LogP contribution is 2.40. The molecule has 0 fully saturated rings. The minimum Gasteiger partial charge on any atom is -0.505 e. The maximum Gasteiger partial charge on any atom is 0.345 e. The second-order valence-corrected chi connectivity index (χ2v) is 9.47. The van der Waals surface area contributed by atoms with Crippen molar-refractivity contribution >= 4 is 28.7 Å². The number of carbonyl (C=O) groups is 1. The van der Waals surface area contributed by atoms with Crippen LogP contribution in [0.1, 0.15) is 45.8 Å². The number of aromatic hydroxyl groups is 1. The van der Waals surface area contributed by atoms with Crippen molar-refractivity contribution in [2.45, 2.75) is 32.6 Å². The Kier molecular flexibility index (Phi) is 5.41. The number of hydrogen-bond donors (Lipinski definition) is 3. The van der Waals surface area contributed by atoms with Gasteiger partial charge in [-0.1, -0.05) is 19.1 Å². The summed E-state index contributed by atoms with van der Waals surface area (Å²) in [4.78, 5) is 25.0. The fourth-order valence-electron chi connectivity index (χ4n) is 4.28. The number of aromatic nitrogens is 2. The number of rotatable bonds is 5. The third kappa shape index (κ3) is 3.73. The summed E-state index contributed by atoms with van der Waals surface area (Å²) in [5.74, 6) is -0.694. The molecular weight excluding hydrogens is 452 g/mol. The number of carboxylic acid groups (broad SMARTS) is 1. The number of H-pyrrole nitrogens is 1. The number of nitrogens with one attached hydrogen (secondary N) is 1. The number of benzene rings is 2. The highest BCUT2D eigenvalue weighted by molar-refractivity contribution is 7.17. The zero-order chi connectivity index (χ0) is 24.0. The number of aromatic amines is 1. The molecule has 0 bridgehead atoms. The average molecular weight is 475 g/mol. The molecule has 4 aromatic rings. The molecule has 9 heteroatoms. The number of para-hydroxylation sites is 1. The van der Waals surface area contributed by atoms with Gasteiger partial charge in [-0.15, -0.1) is 21.6 Å². The summed E-state index contributed by atoms with van der Waals surface area (Å²) >= 11 is 1.06. The Balaban J connectivity index is 1.48. The molecule has 0 amide bonds. The molecule has 2 heterocycles. The Labute approximate surface area is 198 Å². The van der Waals surface area contributed by atoms with E-state index in [1.807, 2.05) is 12.1 Å². The molecule has 34 heavy (non-hydrogen) atoms. The van der Waals surface area contributed by atoms with E-state index in [2.05, 4.69) is 28.3 Å². The maximum absolute atomic E-state index is 13.1. The molecule has 2 aromatic heterocycles. The number of fused-ring (bicyclic) bond motifs is 1. The number of carboxylic acids is 1. The normalized spacial score (nSPS) is 15.2. The lowest BCUT2D eigenvalue weighted by Gasteiger charge is -2.08. The third-order valence-corrected chi connectivity index (χ3v) is 7.27. The zero-order valence-electron chi connectivity index (χ0n) is 18.6. The van der Waals surface area contributed by atoms with Gasteiger partial charge < -0.3 is 10.2 Å². The van der Waals surface area contributed by atoms with Crippen LogP contribution in [0.4, 0.5) is 11.4 Å². The molecule has 1 atom stereocenters. The van der Waals surface area contributed by atoms with E-state index < -0.39 is 5.97 Å². The van der Waals surface area contributed by atoms with Crippen molar-refractivity contribution < 1.29 is 15.0 Å². The molecule has 1 aliphatic rings. The number of hydrogen-bond acceptors (Lipinski definition) is 6. The van der Waals surface area contributed by atoms with Gasteiger partial charge in [0.15, 0.2) is 11.4 Å². The van der Waals surface area contributed by atoms with Crippen LogP contribution in [0.3, 0.4) is 0 Å². The molecule has 0 aliphatic heterocycles. The van der Waals surface area contributed by atoms with Crippen LogP contribution in [0.25, 0.3) is 16.1 Å². The minimum absolute atomic E-state index is 0.133. The lowest BCUT2D eigenvalue weighted by atomic mass is 10.0. The van der Waals surface area contributed by atoms with Crippen molar-refractivity contribution in [1.29, 1.82) is 0 Å². The van der Waals surface area contributed by atoms with Crippen molar-refractivity contribution in [2.75, 3.05) is 0 Å². The first-order chi connectivity index (χ1) is 16.3. The van der Waals surface area contributed by atoms with Gasteiger partial charge in [-0.25, -0.2) is 9.48 Å². The zero-order valence-corrected chi connectivity index (χ0v) is 19.4. The molecule has 2 aromatic carbocycles. The van der Waals surface area contributed by atoms with E-state index in [4.69, 9.17) is 5.11 Å². The van der Waals surface area contributed by atoms with Crippen LogP contribution in [0.15, 0.2) is 63.6 Å². The van der Waals surface area contributed by atoms with Crippen LogP contribution in [0, 0.1) is 6.92 Å². The van der Waals surface area contributed by atoms with Crippen molar-refractivity contribution in [3.8, 4) is 21.9 Å². The molecule has 0 spiro atoms. The largest absolute Gasteiger partial charge is 0.505 e. The van der Waals surface area contributed by atoms with Gasteiger partial charge in [-0.3, -0.25) is 9.89 Å². The van der Waals surface area contributed by atoms with E-state index in [0.29, 0.717) is 22.1 Å². The molecule has 0 saturated heterocycles.